The van der Waals surface area contributed by atoms with E-state index in [9.17, 15) is 13.9 Å². The maximum absolute atomic E-state index is 12.9. The molecule has 2 N–H and O–H groups in total. The van der Waals surface area contributed by atoms with E-state index in [0.29, 0.717) is 5.56 Å². The van der Waals surface area contributed by atoms with E-state index < -0.39 is 12.0 Å². The van der Waals surface area contributed by atoms with E-state index in [0.717, 1.165) is 0 Å². The minimum Gasteiger partial charge on any atom is -0.508 e. The lowest BCUT2D eigenvalue weighted by atomic mass is 10.0. The van der Waals surface area contributed by atoms with Gasteiger partial charge in [-0.1, -0.05) is 0 Å². The lowest BCUT2D eigenvalue weighted by molar-refractivity contribution is 0.354. The van der Waals surface area contributed by atoms with Crippen LogP contribution in [0.2, 0.25) is 0 Å². The highest BCUT2D eigenvalue weighted by Crippen LogP contribution is 2.31. The van der Waals surface area contributed by atoms with Gasteiger partial charge in [-0.3, -0.25) is 0 Å². The standard InChI is InChI=1S/C10H11F2NO.BrH/c11-6-1-2-10(14)8(3-6)9-4-7(12)5-13-9;/h1-3,7,9,13-14H,4-5H2;1H/t7-,9+;/m0./s1. The van der Waals surface area contributed by atoms with E-state index >= 15 is 0 Å². The maximum Gasteiger partial charge on any atom is 0.123 e. The lowest BCUT2D eigenvalue weighted by Crippen LogP contribution is -2.14. The summed E-state index contributed by atoms with van der Waals surface area (Å²) in [4.78, 5) is 0. The quantitative estimate of drug-likeness (QED) is 0.828. The predicted octanol–water partition coefficient (Wildman–Crippen LogP) is 2.48. The van der Waals surface area contributed by atoms with Gasteiger partial charge in [-0.25, -0.2) is 8.78 Å². The number of aromatic hydroxyl groups is 1. The van der Waals surface area contributed by atoms with Crippen molar-refractivity contribution in [3.63, 3.8) is 0 Å². The van der Waals surface area contributed by atoms with Gasteiger partial charge in [0.25, 0.3) is 0 Å². The molecule has 5 heteroatoms. The minimum atomic E-state index is -0.914. The molecule has 84 valence electrons. The summed E-state index contributed by atoms with van der Waals surface area (Å²) >= 11 is 0. The van der Waals surface area contributed by atoms with Crippen LogP contribution in [-0.2, 0) is 0 Å². The van der Waals surface area contributed by atoms with Crippen molar-refractivity contribution < 1.29 is 13.9 Å². The van der Waals surface area contributed by atoms with Gasteiger partial charge in [0, 0.05) is 18.2 Å². The Kier molecular flexibility index (Phi) is 4.04. The first kappa shape index (κ1) is 12.4. The van der Waals surface area contributed by atoms with Crippen LogP contribution in [0, 0.1) is 5.82 Å². The van der Waals surface area contributed by atoms with Gasteiger partial charge in [-0.05, 0) is 24.6 Å². The molecule has 1 fully saturated rings. The fourth-order valence-corrected chi connectivity index (χ4v) is 1.73. The lowest BCUT2D eigenvalue weighted by Gasteiger charge is -2.11. The summed E-state index contributed by atoms with van der Waals surface area (Å²) in [7, 11) is 0. The van der Waals surface area contributed by atoms with Gasteiger partial charge in [0.15, 0.2) is 0 Å². The molecule has 1 saturated heterocycles. The Morgan fingerprint density at radius 1 is 1.40 bits per heavy atom. The Labute approximate surface area is 97.1 Å². The average molecular weight is 280 g/mol. The molecule has 0 saturated carbocycles. The molecular weight excluding hydrogens is 268 g/mol. The molecule has 1 aliphatic rings. The molecule has 15 heavy (non-hydrogen) atoms. The van der Waals surface area contributed by atoms with Crippen LogP contribution in [0.3, 0.4) is 0 Å². The molecule has 1 aromatic carbocycles. The molecule has 0 amide bonds. The summed E-state index contributed by atoms with van der Waals surface area (Å²) in [5, 5.41) is 12.3. The molecule has 1 heterocycles. The number of alkyl halides is 1. The number of hydrogen-bond acceptors (Lipinski definition) is 2. The number of phenols is 1. The second kappa shape index (κ2) is 4.90. The van der Waals surface area contributed by atoms with Gasteiger partial charge < -0.3 is 10.4 Å². The first-order valence-electron chi connectivity index (χ1n) is 4.52. The van der Waals surface area contributed by atoms with Crippen molar-refractivity contribution in [3.8, 4) is 5.75 Å². The molecule has 0 unspecified atom stereocenters. The molecule has 0 radical (unpaired) electrons. The fourth-order valence-electron chi connectivity index (χ4n) is 1.73. The van der Waals surface area contributed by atoms with Gasteiger partial charge >= 0.3 is 0 Å². The van der Waals surface area contributed by atoms with E-state index in [1.54, 1.807) is 0 Å². The molecule has 2 atom stereocenters. The number of phenolic OH excluding ortho intramolecular Hbond substituents is 1. The van der Waals surface area contributed by atoms with Crippen molar-refractivity contribution >= 4 is 17.0 Å². The van der Waals surface area contributed by atoms with Crippen molar-refractivity contribution in [2.75, 3.05) is 6.54 Å². The van der Waals surface area contributed by atoms with E-state index in [4.69, 9.17) is 0 Å². The van der Waals surface area contributed by atoms with Crippen LogP contribution in [0.25, 0.3) is 0 Å². The van der Waals surface area contributed by atoms with Crippen LogP contribution in [-0.4, -0.2) is 17.8 Å². The summed E-state index contributed by atoms with van der Waals surface area (Å²) in [6.07, 6.45) is -0.625. The van der Waals surface area contributed by atoms with Gasteiger partial charge in [0.1, 0.15) is 17.7 Å². The zero-order valence-electron chi connectivity index (χ0n) is 7.91. The van der Waals surface area contributed by atoms with E-state index in [1.807, 2.05) is 0 Å². The summed E-state index contributed by atoms with van der Waals surface area (Å²) in [5.41, 5.74) is 0.435. The first-order valence-corrected chi connectivity index (χ1v) is 4.52. The summed E-state index contributed by atoms with van der Waals surface area (Å²) in [6, 6.07) is 3.43. The van der Waals surface area contributed by atoms with Crippen LogP contribution in [0.1, 0.15) is 18.0 Å². The van der Waals surface area contributed by atoms with Gasteiger partial charge in [0.2, 0.25) is 0 Å². The third-order valence-electron chi connectivity index (χ3n) is 2.44. The largest absolute Gasteiger partial charge is 0.508 e. The summed E-state index contributed by atoms with van der Waals surface area (Å²) in [6.45, 7) is 0.265. The van der Waals surface area contributed by atoms with Gasteiger partial charge in [-0.2, -0.15) is 0 Å². The Balaban J connectivity index is 0.00000112. The molecule has 0 spiro atoms. The smallest absolute Gasteiger partial charge is 0.123 e. The van der Waals surface area contributed by atoms with Gasteiger partial charge in [0.05, 0.1) is 0 Å². The molecular formula is C10H12BrF2NO. The van der Waals surface area contributed by atoms with Gasteiger partial charge in [-0.15, -0.1) is 17.0 Å². The Hall–Kier alpha value is -0.680. The normalized spacial score (nSPS) is 24.9. The van der Waals surface area contributed by atoms with E-state index in [1.165, 1.54) is 18.2 Å². The molecule has 0 aromatic heterocycles. The van der Waals surface area contributed by atoms with Crippen molar-refractivity contribution in [1.82, 2.24) is 5.32 Å². The number of nitrogens with one attached hydrogen (secondary N) is 1. The maximum atomic E-state index is 12.9. The Morgan fingerprint density at radius 2 is 2.13 bits per heavy atom. The van der Waals surface area contributed by atoms with Crippen LogP contribution in [0.5, 0.6) is 5.75 Å². The number of halogens is 3. The average Bonchev–Trinajstić information content (AvgIpc) is 2.56. The third kappa shape index (κ3) is 2.66. The van der Waals surface area contributed by atoms with Crippen LogP contribution in [0.4, 0.5) is 8.78 Å². The number of rotatable bonds is 1. The summed E-state index contributed by atoms with van der Waals surface area (Å²) < 4.78 is 25.7. The Morgan fingerprint density at radius 3 is 2.73 bits per heavy atom. The number of benzene rings is 1. The molecule has 2 nitrogen and oxygen atoms in total. The highest BCUT2D eigenvalue weighted by molar-refractivity contribution is 8.93. The molecule has 1 aromatic rings. The fraction of sp³-hybridized carbons (Fsp3) is 0.400. The van der Waals surface area contributed by atoms with Crippen LogP contribution >= 0.6 is 17.0 Å². The molecule has 0 bridgehead atoms. The minimum absolute atomic E-state index is 0. The van der Waals surface area contributed by atoms with Crippen LogP contribution < -0.4 is 5.32 Å². The second-order valence-electron chi connectivity index (χ2n) is 3.50. The zero-order chi connectivity index (χ0) is 10.1. The SMILES string of the molecule is Br.Oc1ccc(F)cc1[C@H]1C[C@H](F)CN1. The molecule has 2 rings (SSSR count). The molecule has 0 aliphatic carbocycles. The highest BCUT2D eigenvalue weighted by atomic mass is 79.9. The molecule has 1 aliphatic heterocycles. The first-order chi connectivity index (χ1) is 6.66. The van der Waals surface area contributed by atoms with E-state index in [-0.39, 0.29) is 41.7 Å². The van der Waals surface area contributed by atoms with Crippen LogP contribution in [0.15, 0.2) is 18.2 Å². The zero-order valence-corrected chi connectivity index (χ0v) is 9.63. The van der Waals surface area contributed by atoms with Crippen molar-refractivity contribution in [2.45, 2.75) is 18.6 Å². The predicted molar refractivity (Wildman–Crippen MR) is 58.6 cm³/mol. The van der Waals surface area contributed by atoms with E-state index in [2.05, 4.69) is 5.32 Å². The van der Waals surface area contributed by atoms with Crippen molar-refractivity contribution in [1.29, 1.82) is 0 Å². The Bertz CT molecular complexity index is 348. The summed E-state index contributed by atoms with van der Waals surface area (Å²) in [5.74, 6) is -0.403. The van der Waals surface area contributed by atoms with Crippen molar-refractivity contribution in [3.05, 3.63) is 29.6 Å². The third-order valence-corrected chi connectivity index (χ3v) is 2.44. The topological polar surface area (TPSA) is 32.3 Å². The second-order valence-corrected chi connectivity index (χ2v) is 3.50. The number of hydrogen-bond donors (Lipinski definition) is 2. The van der Waals surface area contributed by atoms with Crippen molar-refractivity contribution in [2.24, 2.45) is 0 Å². The highest BCUT2D eigenvalue weighted by Gasteiger charge is 2.26. The monoisotopic (exact) mass is 279 g/mol.